The van der Waals surface area contributed by atoms with Gasteiger partial charge >= 0.3 is 0 Å². The molecule has 1 N–H and O–H groups in total. The van der Waals surface area contributed by atoms with Gasteiger partial charge in [-0.3, -0.25) is 14.2 Å². The minimum absolute atomic E-state index is 0.00704. The highest BCUT2D eigenvalue weighted by Gasteiger charge is 2.23. The normalized spacial score (nSPS) is 15.2. The first-order valence-electron chi connectivity index (χ1n) is 9.56. The molecule has 1 heterocycles. The summed E-state index contributed by atoms with van der Waals surface area (Å²) < 4.78 is 6.96. The van der Waals surface area contributed by atoms with Gasteiger partial charge in [-0.05, 0) is 49.7 Å². The van der Waals surface area contributed by atoms with Crippen molar-refractivity contribution in [2.75, 3.05) is 20.8 Å². The monoisotopic (exact) mass is 389 g/mol. The van der Waals surface area contributed by atoms with Crippen LogP contribution in [0.3, 0.4) is 0 Å². The van der Waals surface area contributed by atoms with Crippen molar-refractivity contribution in [1.29, 1.82) is 0 Å². The molecule has 0 unspecified atom stereocenters. The second kappa shape index (κ2) is 8.80. The predicted octanol–water partition coefficient (Wildman–Crippen LogP) is 3.50. The lowest BCUT2D eigenvalue weighted by molar-refractivity contribution is 0.0696. The molecule has 7 heteroatoms. The maximum absolute atomic E-state index is 12.9. The lowest BCUT2D eigenvalue weighted by Gasteiger charge is -2.31. The van der Waals surface area contributed by atoms with Crippen molar-refractivity contribution in [3.8, 4) is 0 Å². The van der Waals surface area contributed by atoms with Crippen LogP contribution in [-0.4, -0.2) is 47.2 Å². The maximum atomic E-state index is 12.9. The lowest BCUT2D eigenvalue weighted by Crippen LogP contribution is -2.38. The molecule has 0 aliphatic heterocycles. The van der Waals surface area contributed by atoms with Crippen LogP contribution < -0.4 is 5.56 Å². The Kier molecular flexibility index (Phi) is 6.44. The number of nitrogens with one attached hydrogen (secondary N) is 1. The standard InChI is InChI=1S/C20H27N3O3S/c1-22(15-7-4-3-5-8-15)18(24)14-9-10-16-17(13-14)21-20(27)23(19(16)25)11-6-12-26-2/h9-10,13,15H,3-8,11-12H2,1-2H3,(H,21,27). The van der Waals surface area contributed by atoms with Gasteiger partial charge in [0.05, 0.1) is 10.9 Å². The van der Waals surface area contributed by atoms with Crippen LogP contribution in [-0.2, 0) is 11.3 Å². The van der Waals surface area contributed by atoms with Crippen molar-refractivity contribution in [2.24, 2.45) is 0 Å². The molecule has 0 atom stereocenters. The molecular formula is C20H27N3O3S. The Morgan fingerprint density at radius 2 is 2.07 bits per heavy atom. The fourth-order valence-corrected chi connectivity index (χ4v) is 4.08. The summed E-state index contributed by atoms with van der Waals surface area (Å²) in [5.74, 6) is -0.00704. The number of hydrogen-bond acceptors (Lipinski definition) is 4. The van der Waals surface area contributed by atoms with Crippen LogP contribution in [0.1, 0.15) is 48.9 Å². The third kappa shape index (κ3) is 4.30. The number of carbonyl (C=O) groups is 1. The quantitative estimate of drug-likeness (QED) is 0.606. The van der Waals surface area contributed by atoms with Crippen LogP contribution >= 0.6 is 12.2 Å². The summed E-state index contributed by atoms with van der Waals surface area (Å²) in [4.78, 5) is 30.6. The summed E-state index contributed by atoms with van der Waals surface area (Å²) >= 11 is 5.35. The molecule has 0 spiro atoms. The fourth-order valence-electron chi connectivity index (χ4n) is 3.80. The number of aromatic amines is 1. The SMILES string of the molecule is COCCCn1c(=S)[nH]c2cc(C(=O)N(C)C3CCCCC3)ccc2c1=O. The molecule has 6 nitrogen and oxygen atoms in total. The van der Waals surface area contributed by atoms with Gasteiger partial charge in [-0.2, -0.15) is 0 Å². The van der Waals surface area contributed by atoms with E-state index in [1.165, 1.54) is 19.3 Å². The third-order valence-corrected chi connectivity index (χ3v) is 5.72. The van der Waals surface area contributed by atoms with Crippen molar-refractivity contribution >= 4 is 29.0 Å². The van der Waals surface area contributed by atoms with Crippen LogP contribution in [0.4, 0.5) is 0 Å². The number of H-pyrrole nitrogens is 1. The van der Waals surface area contributed by atoms with Gasteiger partial charge in [0, 0.05) is 38.9 Å². The van der Waals surface area contributed by atoms with Crippen molar-refractivity contribution in [2.45, 2.75) is 51.1 Å². The van der Waals surface area contributed by atoms with Crippen LogP contribution in [0.5, 0.6) is 0 Å². The summed E-state index contributed by atoms with van der Waals surface area (Å²) in [7, 11) is 3.51. The van der Waals surface area contributed by atoms with Crippen molar-refractivity contribution in [3.63, 3.8) is 0 Å². The predicted molar refractivity (Wildman–Crippen MR) is 109 cm³/mol. The Morgan fingerprint density at radius 3 is 2.78 bits per heavy atom. The summed E-state index contributed by atoms with van der Waals surface area (Å²) in [5.41, 5.74) is 1.05. The summed E-state index contributed by atoms with van der Waals surface area (Å²) in [6, 6.07) is 5.50. The minimum atomic E-state index is -0.135. The van der Waals surface area contributed by atoms with Crippen LogP contribution in [0.2, 0.25) is 0 Å². The molecule has 1 aliphatic carbocycles. The molecule has 146 valence electrons. The van der Waals surface area contributed by atoms with E-state index in [2.05, 4.69) is 4.98 Å². The van der Waals surface area contributed by atoms with E-state index in [9.17, 15) is 9.59 Å². The highest BCUT2D eigenvalue weighted by Crippen LogP contribution is 2.23. The Morgan fingerprint density at radius 1 is 1.33 bits per heavy atom. The zero-order valence-corrected chi connectivity index (χ0v) is 16.8. The Hall–Kier alpha value is -1.99. The molecule has 3 rings (SSSR count). The van der Waals surface area contributed by atoms with E-state index < -0.39 is 0 Å². The first kappa shape index (κ1) is 19.8. The minimum Gasteiger partial charge on any atom is -0.385 e. The van der Waals surface area contributed by atoms with E-state index in [-0.39, 0.29) is 11.5 Å². The number of carbonyl (C=O) groups excluding carboxylic acids is 1. The molecule has 0 radical (unpaired) electrons. The number of fused-ring (bicyclic) bond motifs is 1. The van der Waals surface area contributed by atoms with Crippen LogP contribution in [0, 0.1) is 4.77 Å². The van der Waals surface area contributed by atoms with E-state index in [0.29, 0.717) is 46.9 Å². The van der Waals surface area contributed by atoms with Gasteiger partial charge in [-0.25, -0.2) is 0 Å². The zero-order valence-electron chi connectivity index (χ0n) is 16.0. The third-order valence-electron chi connectivity index (χ3n) is 5.40. The number of aromatic nitrogens is 2. The van der Waals surface area contributed by atoms with Gasteiger partial charge in [-0.1, -0.05) is 19.3 Å². The maximum Gasteiger partial charge on any atom is 0.262 e. The molecule has 1 amide bonds. The van der Waals surface area contributed by atoms with E-state index in [0.717, 1.165) is 12.8 Å². The molecule has 2 aromatic rings. The van der Waals surface area contributed by atoms with Crippen LogP contribution in [0.25, 0.3) is 10.9 Å². The van der Waals surface area contributed by atoms with Gasteiger partial charge in [-0.15, -0.1) is 0 Å². The lowest BCUT2D eigenvalue weighted by atomic mass is 9.94. The summed E-state index contributed by atoms with van der Waals surface area (Å²) in [6.07, 6.45) is 6.43. The number of rotatable bonds is 6. The number of hydrogen-bond donors (Lipinski definition) is 1. The second-order valence-electron chi connectivity index (χ2n) is 7.20. The Bertz CT molecular complexity index is 928. The van der Waals surface area contributed by atoms with Gasteiger partial charge in [0.1, 0.15) is 0 Å². The van der Waals surface area contributed by atoms with Gasteiger partial charge in [0.2, 0.25) is 0 Å². The zero-order chi connectivity index (χ0) is 19.4. The molecule has 1 aromatic heterocycles. The van der Waals surface area contributed by atoms with E-state index in [1.807, 2.05) is 11.9 Å². The van der Waals surface area contributed by atoms with Crippen molar-refractivity contribution in [3.05, 3.63) is 38.9 Å². The first-order valence-corrected chi connectivity index (χ1v) is 9.96. The fraction of sp³-hybridized carbons (Fsp3) is 0.550. The first-order chi connectivity index (χ1) is 13.0. The topological polar surface area (TPSA) is 67.3 Å². The number of nitrogens with zero attached hydrogens (tertiary/aromatic N) is 2. The van der Waals surface area contributed by atoms with E-state index in [4.69, 9.17) is 17.0 Å². The largest absolute Gasteiger partial charge is 0.385 e. The van der Waals surface area contributed by atoms with Crippen molar-refractivity contribution in [1.82, 2.24) is 14.5 Å². The Balaban J connectivity index is 1.89. The molecule has 27 heavy (non-hydrogen) atoms. The number of benzene rings is 1. The van der Waals surface area contributed by atoms with Gasteiger partial charge in [0.15, 0.2) is 4.77 Å². The second-order valence-corrected chi connectivity index (χ2v) is 7.59. The molecule has 1 fully saturated rings. The average molecular weight is 390 g/mol. The van der Waals surface area contributed by atoms with Crippen molar-refractivity contribution < 1.29 is 9.53 Å². The summed E-state index contributed by atoms with van der Waals surface area (Å²) in [6.45, 7) is 1.07. The van der Waals surface area contributed by atoms with E-state index >= 15 is 0 Å². The number of amides is 1. The molecular weight excluding hydrogens is 362 g/mol. The molecule has 1 aliphatic rings. The average Bonchev–Trinajstić information content (AvgIpc) is 2.69. The highest BCUT2D eigenvalue weighted by molar-refractivity contribution is 7.71. The Labute approximate surface area is 164 Å². The number of methoxy groups -OCH3 is 1. The molecule has 1 aromatic carbocycles. The molecule has 0 bridgehead atoms. The molecule has 0 saturated heterocycles. The smallest absolute Gasteiger partial charge is 0.262 e. The number of ether oxygens (including phenoxy) is 1. The van der Waals surface area contributed by atoms with E-state index in [1.54, 1.807) is 29.9 Å². The van der Waals surface area contributed by atoms with Gasteiger partial charge < -0.3 is 14.6 Å². The summed E-state index contributed by atoms with van der Waals surface area (Å²) in [5, 5.41) is 0.540. The highest BCUT2D eigenvalue weighted by atomic mass is 32.1. The van der Waals surface area contributed by atoms with Crippen LogP contribution in [0.15, 0.2) is 23.0 Å². The van der Waals surface area contributed by atoms with Gasteiger partial charge in [0.25, 0.3) is 11.5 Å². The molecule has 1 saturated carbocycles.